The van der Waals surface area contributed by atoms with E-state index < -0.39 is 17.4 Å². The van der Waals surface area contributed by atoms with E-state index in [0.717, 1.165) is 17.9 Å². The van der Waals surface area contributed by atoms with E-state index in [2.05, 4.69) is 11.1 Å². The first-order valence-electron chi connectivity index (χ1n) is 8.25. The minimum absolute atomic E-state index is 0.434. The molecular formula is C19H24N4O2. The molecule has 6 heteroatoms. The number of benzene rings is 1. The molecule has 0 spiro atoms. The van der Waals surface area contributed by atoms with Crippen LogP contribution in [0.1, 0.15) is 43.8 Å². The number of carboxylic acid groups (broad SMARTS) is 1. The molecule has 2 rings (SSSR count). The van der Waals surface area contributed by atoms with Gasteiger partial charge in [0.1, 0.15) is 11.9 Å². The van der Waals surface area contributed by atoms with Crippen molar-refractivity contribution in [2.24, 2.45) is 0 Å². The highest BCUT2D eigenvalue weighted by Crippen LogP contribution is 2.26. The molecule has 1 aromatic heterocycles. The Hall–Kier alpha value is -2.65. The second-order valence-corrected chi connectivity index (χ2v) is 6.64. The van der Waals surface area contributed by atoms with E-state index >= 15 is 0 Å². The Balaban J connectivity index is 2.26. The maximum Gasteiger partial charge on any atom is 0.325 e. The summed E-state index contributed by atoms with van der Waals surface area (Å²) in [4.78, 5) is 17.9. The molecule has 0 saturated carbocycles. The average molecular weight is 340 g/mol. The molecule has 132 valence electrons. The molecule has 0 unspecified atom stereocenters. The number of hydrogen-bond acceptors (Lipinski definition) is 4. The van der Waals surface area contributed by atoms with Gasteiger partial charge in [0.25, 0.3) is 0 Å². The molecule has 1 heterocycles. The van der Waals surface area contributed by atoms with Gasteiger partial charge in [-0.1, -0.05) is 24.3 Å². The van der Waals surface area contributed by atoms with E-state index in [0.29, 0.717) is 12.1 Å². The molecule has 0 aliphatic heterocycles. The average Bonchev–Trinajstić information content (AvgIpc) is 3.02. The number of hydrogen-bond donors (Lipinski definition) is 1. The van der Waals surface area contributed by atoms with E-state index in [-0.39, 0.29) is 0 Å². The van der Waals surface area contributed by atoms with Crippen LogP contribution in [-0.2, 0) is 23.3 Å². The minimum atomic E-state index is -0.913. The van der Waals surface area contributed by atoms with Crippen LogP contribution in [0.2, 0.25) is 0 Å². The summed E-state index contributed by atoms with van der Waals surface area (Å²) < 4.78 is 1.99. The van der Waals surface area contributed by atoms with Crippen molar-refractivity contribution in [1.29, 1.82) is 5.26 Å². The Morgan fingerprint density at radius 2 is 2.04 bits per heavy atom. The maximum absolute atomic E-state index is 11.8. The van der Waals surface area contributed by atoms with Gasteiger partial charge in [-0.15, -0.1) is 0 Å². The minimum Gasteiger partial charge on any atom is -0.480 e. The molecule has 1 aromatic carbocycles. The number of aryl methyl sites for hydroxylation is 1. The number of likely N-dealkylation sites (N-methyl/N-ethyl adjacent to an activating group) is 1. The van der Waals surface area contributed by atoms with Crippen LogP contribution in [0.5, 0.6) is 0 Å². The van der Waals surface area contributed by atoms with Gasteiger partial charge in [-0.3, -0.25) is 9.69 Å². The summed E-state index contributed by atoms with van der Waals surface area (Å²) in [5, 5.41) is 18.9. The Kier molecular flexibility index (Phi) is 5.60. The number of carbonyl (C=O) groups is 1. The predicted octanol–water partition coefficient (Wildman–Crippen LogP) is 2.96. The van der Waals surface area contributed by atoms with Crippen molar-refractivity contribution in [1.82, 2.24) is 14.5 Å². The number of nitrogens with zero attached hydrogens (tertiary/aromatic N) is 4. The third-order valence-electron chi connectivity index (χ3n) is 4.44. The quantitative estimate of drug-likeness (QED) is 0.838. The molecule has 0 radical (unpaired) electrons. The zero-order valence-corrected chi connectivity index (χ0v) is 15.1. The second-order valence-electron chi connectivity index (χ2n) is 6.64. The van der Waals surface area contributed by atoms with Gasteiger partial charge < -0.3 is 9.67 Å². The molecule has 0 aliphatic carbocycles. The third kappa shape index (κ3) is 4.06. The Bertz CT molecular complexity index is 771. The van der Waals surface area contributed by atoms with Crippen LogP contribution >= 0.6 is 0 Å². The van der Waals surface area contributed by atoms with Gasteiger partial charge >= 0.3 is 5.97 Å². The summed E-state index contributed by atoms with van der Waals surface area (Å²) in [5.74, 6) is -0.0807. The highest BCUT2D eigenvalue weighted by molar-refractivity contribution is 5.75. The number of carboxylic acids is 1. The summed E-state index contributed by atoms with van der Waals surface area (Å²) in [7, 11) is 1.78. The van der Waals surface area contributed by atoms with E-state index in [4.69, 9.17) is 0 Å². The summed E-state index contributed by atoms with van der Waals surface area (Å²) in [6.07, 6.45) is 3.61. The molecule has 0 bridgehead atoms. The normalized spacial score (nSPS) is 12.8. The van der Waals surface area contributed by atoms with Gasteiger partial charge in [0.15, 0.2) is 0 Å². The highest BCUT2D eigenvalue weighted by atomic mass is 16.4. The van der Waals surface area contributed by atoms with Crippen molar-refractivity contribution in [2.45, 2.75) is 45.3 Å². The lowest BCUT2D eigenvalue weighted by molar-refractivity contribution is -0.143. The number of aliphatic carboxylic acids is 1. The largest absolute Gasteiger partial charge is 0.480 e. The monoisotopic (exact) mass is 340 g/mol. The Morgan fingerprint density at radius 3 is 2.56 bits per heavy atom. The van der Waals surface area contributed by atoms with Crippen LogP contribution in [0.15, 0.2) is 36.7 Å². The van der Waals surface area contributed by atoms with Crippen LogP contribution in [0, 0.1) is 11.3 Å². The van der Waals surface area contributed by atoms with Crippen molar-refractivity contribution >= 4 is 5.97 Å². The summed E-state index contributed by atoms with van der Waals surface area (Å²) in [5.41, 5.74) is 0.948. The first-order chi connectivity index (χ1) is 11.8. The summed E-state index contributed by atoms with van der Waals surface area (Å²) in [6, 6.07) is 8.71. The van der Waals surface area contributed by atoms with E-state index in [1.807, 2.05) is 43.7 Å². The van der Waals surface area contributed by atoms with E-state index in [9.17, 15) is 15.2 Å². The fourth-order valence-electron chi connectivity index (χ4n) is 2.83. The fourth-order valence-corrected chi connectivity index (χ4v) is 2.83. The molecule has 0 amide bonds. The fraction of sp³-hybridized carbons (Fsp3) is 0.421. The first-order valence-corrected chi connectivity index (χ1v) is 8.25. The molecule has 25 heavy (non-hydrogen) atoms. The second kappa shape index (κ2) is 7.49. The van der Waals surface area contributed by atoms with Crippen LogP contribution in [0.4, 0.5) is 0 Å². The molecule has 0 saturated heterocycles. The van der Waals surface area contributed by atoms with Gasteiger partial charge in [0.05, 0.1) is 18.0 Å². The zero-order chi connectivity index (χ0) is 18.6. The summed E-state index contributed by atoms with van der Waals surface area (Å²) >= 11 is 0. The van der Waals surface area contributed by atoms with Crippen molar-refractivity contribution in [3.05, 3.63) is 53.6 Å². The molecule has 0 fully saturated rings. The smallest absolute Gasteiger partial charge is 0.325 e. The Morgan fingerprint density at radius 1 is 1.40 bits per heavy atom. The molecule has 6 nitrogen and oxygen atoms in total. The van der Waals surface area contributed by atoms with Crippen molar-refractivity contribution in [3.8, 4) is 6.07 Å². The lowest BCUT2D eigenvalue weighted by atomic mass is 9.85. The lowest BCUT2D eigenvalue weighted by Gasteiger charge is -2.25. The number of rotatable bonds is 7. The van der Waals surface area contributed by atoms with Gasteiger partial charge in [-0.2, -0.15) is 5.26 Å². The summed E-state index contributed by atoms with van der Waals surface area (Å²) in [6.45, 7) is 6.93. The van der Waals surface area contributed by atoms with E-state index in [1.165, 1.54) is 0 Å². The first kappa shape index (κ1) is 18.7. The van der Waals surface area contributed by atoms with Crippen LogP contribution in [0.3, 0.4) is 0 Å². The van der Waals surface area contributed by atoms with E-state index in [1.54, 1.807) is 30.3 Å². The number of imidazole rings is 1. The topological polar surface area (TPSA) is 82.2 Å². The van der Waals surface area contributed by atoms with Crippen LogP contribution < -0.4 is 0 Å². The molecule has 0 aliphatic rings. The number of aromatic nitrogens is 2. The van der Waals surface area contributed by atoms with Crippen molar-refractivity contribution in [2.75, 3.05) is 7.05 Å². The van der Waals surface area contributed by atoms with Gasteiger partial charge in [-0.05, 0) is 38.9 Å². The van der Waals surface area contributed by atoms with Crippen molar-refractivity contribution < 1.29 is 9.90 Å². The predicted molar refractivity (Wildman–Crippen MR) is 94.8 cm³/mol. The maximum atomic E-state index is 11.8. The lowest BCUT2D eigenvalue weighted by Crippen LogP contribution is -2.31. The molecule has 1 N–H and O–H groups in total. The molecule has 2 aromatic rings. The van der Waals surface area contributed by atoms with Crippen molar-refractivity contribution in [3.63, 3.8) is 0 Å². The van der Waals surface area contributed by atoms with Gasteiger partial charge in [-0.25, -0.2) is 4.98 Å². The van der Waals surface area contributed by atoms with Gasteiger partial charge in [0.2, 0.25) is 0 Å². The standard InChI is InChI=1S/C19H24N4O2/c1-5-23-11-10-21-16(23)12-22(4)17(18(24)25)14-6-8-15(9-7-14)19(2,3)13-20/h6-11,17H,5,12H2,1-4H3,(H,24,25)/t17-/m0/s1. The SMILES string of the molecule is CCn1ccnc1CN(C)[C@H](C(=O)O)c1ccc(C(C)(C)C#N)cc1. The van der Waals surface area contributed by atoms with Crippen LogP contribution in [-0.4, -0.2) is 32.6 Å². The highest BCUT2D eigenvalue weighted by Gasteiger charge is 2.27. The van der Waals surface area contributed by atoms with Crippen LogP contribution in [0.25, 0.3) is 0 Å². The van der Waals surface area contributed by atoms with Gasteiger partial charge in [0, 0.05) is 18.9 Å². The molecular weight excluding hydrogens is 316 g/mol. The Labute approximate surface area is 148 Å². The third-order valence-corrected chi connectivity index (χ3v) is 4.44. The zero-order valence-electron chi connectivity index (χ0n) is 15.1. The molecule has 1 atom stereocenters. The number of nitriles is 1.